The Morgan fingerprint density at radius 1 is 1.04 bits per heavy atom. The number of para-hydroxylation sites is 1. The Hall–Kier alpha value is -2.15. The molecule has 1 heterocycles. The zero-order chi connectivity index (χ0) is 19.6. The molecule has 1 aliphatic heterocycles. The molecule has 8 heteroatoms. The van der Waals surface area contributed by atoms with Crippen LogP contribution in [0, 0.1) is 0 Å². The Kier molecular flexibility index (Phi) is 5.99. The normalized spacial score (nSPS) is 15.6. The van der Waals surface area contributed by atoms with E-state index in [1.54, 1.807) is 42.5 Å². The summed E-state index contributed by atoms with van der Waals surface area (Å²) < 4.78 is 10.6. The second kappa shape index (κ2) is 8.25. The average molecular weight is 424 g/mol. The molecule has 5 nitrogen and oxygen atoms in total. The van der Waals surface area contributed by atoms with Crippen LogP contribution in [-0.2, 0) is 11.3 Å². The van der Waals surface area contributed by atoms with Crippen molar-refractivity contribution in [2.24, 2.45) is 0 Å². The molecule has 0 radical (unpaired) electrons. The van der Waals surface area contributed by atoms with E-state index in [1.807, 2.05) is 0 Å². The Bertz CT molecular complexity index is 925. The lowest BCUT2D eigenvalue weighted by molar-refractivity contribution is -0.123. The Morgan fingerprint density at radius 3 is 2.33 bits per heavy atom. The van der Waals surface area contributed by atoms with Gasteiger partial charge in [0.1, 0.15) is 0 Å². The number of carbonyl (C=O) groups excluding carboxylic acids is 2. The highest BCUT2D eigenvalue weighted by atomic mass is 35.5. The molecule has 0 saturated carbocycles. The summed E-state index contributed by atoms with van der Waals surface area (Å²) in [5, 5.41) is 0.420. The van der Waals surface area contributed by atoms with Crippen molar-refractivity contribution in [2.75, 3.05) is 14.2 Å². The molecule has 0 unspecified atom stereocenters. The number of thioether (sulfide) groups is 1. The quantitative estimate of drug-likeness (QED) is 0.614. The van der Waals surface area contributed by atoms with Gasteiger partial charge in [-0.25, -0.2) is 0 Å². The molecule has 1 fully saturated rings. The number of ether oxygens (including phenoxy) is 2. The second-order valence-corrected chi connectivity index (χ2v) is 7.36. The molecule has 1 saturated heterocycles. The molecule has 0 aliphatic carbocycles. The third-order valence-corrected chi connectivity index (χ3v) is 5.59. The fraction of sp³-hybridized carbons (Fsp3) is 0.158. The third-order valence-electron chi connectivity index (χ3n) is 3.97. The molecule has 2 amide bonds. The van der Waals surface area contributed by atoms with Gasteiger partial charge in [0.2, 0.25) is 0 Å². The largest absolute Gasteiger partial charge is 0.493 e. The highest BCUT2D eigenvalue weighted by Crippen LogP contribution is 2.38. The van der Waals surface area contributed by atoms with Crippen LogP contribution in [-0.4, -0.2) is 30.3 Å². The van der Waals surface area contributed by atoms with E-state index in [1.165, 1.54) is 14.2 Å². The fourth-order valence-corrected chi connectivity index (χ4v) is 3.99. The van der Waals surface area contributed by atoms with Crippen molar-refractivity contribution in [1.29, 1.82) is 0 Å². The summed E-state index contributed by atoms with van der Waals surface area (Å²) in [6.07, 6.45) is 1.61. The monoisotopic (exact) mass is 423 g/mol. The van der Waals surface area contributed by atoms with Gasteiger partial charge in [-0.05, 0) is 36.0 Å². The lowest BCUT2D eigenvalue weighted by atomic mass is 10.1. The number of amides is 2. The molecule has 2 aromatic rings. The van der Waals surface area contributed by atoms with Gasteiger partial charge in [-0.3, -0.25) is 14.5 Å². The maximum absolute atomic E-state index is 12.8. The second-order valence-electron chi connectivity index (χ2n) is 5.55. The van der Waals surface area contributed by atoms with Crippen LogP contribution in [0.4, 0.5) is 4.79 Å². The van der Waals surface area contributed by atoms with Crippen LogP contribution in [0.25, 0.3) is 6.08 Å². The van der Waals surface area contributed by atoms with E-state index in [9.17, 15) is 9.59 Å². The first kappa shape index (κ1) is 19.6. The predicted molar refractivity (Wildman–Crippen MR) is 108 cm³/mol. The zero-order valence-electron chi connectivity index (χ0n) is 14.5. The van der Waals surface area contributed by atoms with Gasteiger partial charge in [0.15, 0.2) is 11.5 Å². The number of hydrogen-bond acceptors (Lipinski definition) is 5. The van der Waals surface area contributed by atoms with Crippen molar-refractivity contribution in [3.8, 4) is 11.5 Å². The summed E-state index contributed by atoms with van der Waals surface area (Å²) in [6, 6.07) is 10.3. The van der Waals surface area contributed by atoms with Gasteiger partial charge in [-0.15, -0.1) is 0 Å². The number of halogens is 2. The lowest BCUT2D eigenvalue weighted by Gasteiger charge is -2.14. The highest BCUT2D eigenvalue weighted by molar-refractivity contribution is 8.18. The summed E-state index contributed by atoms with van der Waals surface area (Å²) >= 11 is 13.2. The lowest BCUT2D eigenvalue weighted by Crippen LogP contribution is -2.27. The molecular weight excluding hydrogens is 409 g/mol. The van der Waals surface area contributed by atoms with E-state index >= 15 is 0 Å². The van der Waals surface area contributed by atoms with Crippen molar-refractivity contribution < 1.29 is 19.1 Å². The molecule has 140 valence electrons. The van der Waals surface area contributed by atoms with Gasteiger partial charge >= 0.3 is 0 Å². The van der Waals surface area contributed by atoms with Crippen LogP contribution in [0.2, 0.25) is 10.0 Å². The minimum atomic E-state index is -0.411. The average Bonchev–Trinajstić information content (AvgIpc) is 2.91. The number of methoxy groups -OCH3 is 2. The molecule has 2 aromatic carbocycles. The molecule has 0 spiro atoms. The number of imide groups is 1. The maximum atomic E-state index is 12.8. The number of nitrogens with zero attached hydrogens (tertiary/aromatic N) is 1. The minimum Gasteiger partial charge on any atom is -0.493 e. The molecule has 0 bridgehead atoms. The number of rotatable bonds is 5. The molecule has 3 rings (SSSR count). The number of hydrogen-bond donors (Lipinski definition) is 0. The molecular formula is C19H15Cl2NO4S. The first-order valence-electron chi connectivity index (χ1n) is 7.85. The summed E-state index contributed by atoms with van der Waals surface area (Å²) in [7, 11) is 3.04. The molecule has 27 heavy (non-hydrogen) atoms. The van der Waals surface area contributed by atoms with Crippen LogP contribution in [0.1, 0.15) is 11.1 Å². The van der Waals surface area contributed by atoms with Gasteiger partial charge in [-0.1, -0.05) is 41.4 Å². The number of benzene rings is 2. The summed E-state index contributed by atoms with van der Waals surface area (Å²) in [4.78, 5) is 26.5. The van der Waals surface area contributed by atoms with Crippen molar-refractivity contribution >= 4 is 52.2 Å². The zero-order valence-corrected chi connectivity index (χ0v) is 16.8. The highest BCUT2D eigenvalue weighted by Gasteiger charge is 2.36. The fourth-order valence-electron chi connectivity index (χ4n) is 2.64. The Morgan fingerprint density at radius 2 is 1.70 bits per heavy atom. The van der Waals surface area contributed by atoms with Gasteiger partial charge in [0.05, 0.1) is 25.7 Å². The maximum Gasteiger partial charge on any atom is 0.293 e. The summed E-state index contributed by atoms with van der Waals surface area (Å²) in [6.45, 7) is 0.00968. The van der Waals surface area contributed by atoms with Crippen LogP contribution >= 0.6 is 35.0 Å². The molecule has 0 atom stereocenters. The van der Waals surface area contributed by atoms with Crippen molar-refractivity contribution in [3.05, 3.63) is 62.5 Å². The molecule has 1 aliphatic rings. The van der Waals surface area contributed by atoms with Gasteiger partial charge in [0.25, 0.3) is 11.1 Å². The van der Waals surface area contributed by atoms with Crippen molar-refractivity contribution in [2.45, 2.75) is 6.54 Å². The van der Waals surface area contributed by atoms with E-state index in [4.69, 9.17) is 32.7 Å². The SMILES string of the molecule is COc1cccc(/C=C2/SC(=O)N(Cc3c(Cl)cccc3Cl)C2=O)c1OC. The summed E-state index contributed by atoms with van der Waals surface area (Å²) in [5.74, 6) is 0.611. The van der Waals surface area contributed by atoms with E-state index in [-0.39, 0.29) is 16.7 Å². The first-order valence-corrected chi connectivity index (χ1v) is 9.42. The molecule has 0 aromatic heterocycles. The van der Waals surface area contributed by atoms with Gasteiger partial charge in [-0.2, -0.15) is 0 Å². The Labute approximate surface area is 170 Å². The molecule has 0 N–H and O–H groups in total. The van der Waals surface area contributed by atoms with Crippen LogP contribution < -0.4 is 9.47 Å². The van der Waals surface area contributed by atoms with E-state index in [0.29, 0.717) is 32.7 Å². The smallest absolute Gasteiger partial charge is 0.293 e. The van der Waals surface area contributed by atoms with Crippen molar-refractivity contribution in [3.63, 3.8) is 0 Å². The first-order chi connectivity index (χ1) is 13.0. The number of carbonyl (C=O) groups is 2. The Balaban J connectivity index is 1.92. The van der Waals surface area contributed by atoms with Crippen molar-refractivity contribution in [1.82, 2.24) is 4.90 Å². The van der Waals surface area contributed by atoms with Crippen LogP contribution in [0.15, 0.2) is 41.3 Å². The third kappa shape index (κ3) is 3.93. The van der Waals surface area contributed by atoms with E-state index in [0.717, 1.165) is 16.7 Å². The van der Waals surface area contributed by atoms with Gasteiger partial charge < -0.3 is 9.47 Å². The van der Waals surface area contributed by atoms with Crippen LogP contribution in [0.5, 0.6) is 11.5 Å². The van der Waals surface area contributed by atoms with E-state index in [2.05, 4.69) is 0 Å². The van der Waals surface area contributed by atoms with Crippen LogP contribution in [0.3, 0.4) is 0 Å². The summed E-state index contributed by atoms with van der Waals surface area (Å²) in [5.41, 5.74) is 1.17. The van der Waals surface area contributed by atoms with E-state index < -0.39 is 5.91 Å². The standard InChI is InChI=1S/C19H15Cl2NO4S/c1-25-15-8-3-5-11(17(15)26-2)9-16-18(23)22(19(24)27-16)10-12-13(20)6-4-7-14(12)21/h3-9H,10H2,1-2H3/b16-9+. The predicted octanol–water partition coefficient (Wildman–Crippen LogP) is 5.25. The minimum absolute atomic E-state index is 0.00968. The topological polar surface area (TPSA) is 55.8 Å². The van der Waals surface area contributed by atoms with Gasteiger partial charge in [0, 0.05) is 21.2 Å².